The van der Waals surface area contributed by atoms with Gasteiger partial charge >= 0.3 is 5.97 Å². The van der Waals surface area contributed by atoms with E-state index < -0.39 is 11.9 Å². The second-order valence-electron chi connectivity index (χ2n) is 16.8. The van der Waals surface area contributed by atoms with E-state index in [0.29, 0.717) is 44.1 Å². The molecule has 11 atom stereocenters. The van der Waals surface area contributed by atoms with Gasteiger partial charge in [-0.25, -0.2) is 0 Å². The Balaban J connectivity index is 1.45. The largest absolute Gasteiger partial charge is 0.481 e. The van der Waals surface area contributed by atoms with Gasteiger partial charge in [-0.3, -0.25) is 14.9 Å². The van der Waals surface area contributed by atoms with Crippen LogP contribution in [0.1, 0.15) is 100.0 Å². The number of carboxylic acids is 1. The van der Waals surface area contributed by atoms with E-state index in [1.807, 2.05) is 0 Å². The molecule has 0 spiro atoms. The number of amides is 1. The molecule has 1 aromatic heterocycles. The topological polar surface area (TPSA) is 154 Å². The van der Waals surface area contributed by atoms with Crippen LogP contribution in [-0.4, -0.2) is 69.7 Å². The molecular formula is C35H56N6O5. The normalized spacial score (nSPS) is 44.0. The van der Waals surface area contributed by atoms with E-state index in [4.69, 9.17) is 15.2 Å². The predicted octanol–water partition coefficient (Wildman–Crippen LogP) is 5.11. The van der Waals surface area contributed by atoms with Gasteiger partial charge in [0, 0.05) is 24.3 Å². The summed E-state index contributed by atoms with van der Waals surface area (Å²) in [6.07, 6.45) is 7.65. The first-order valence-corrected chi connectivity index (χ1v) is 17.5. The van der Waals surface area contributed by atoms with E-state index in [1.54, 1.807) is 4.80 Å². The van der Waals surface area contributed by atoms with E-state index in [0.717, 1.165) is 38.5 Å². The number of nitrogens with one attached hydrogen (secondary N) is 1. The van der Waals surface area contributed by atoms with Crippen LogP contribution < -0.4 is 11.1 Å². The molecule has 4 fully saturated rings. The molecule has 1 aliphatic heterocycles. The molecule has 4 aliphatic carbocycles. The molecule has 11 heteroatoms. The molecule has 256 valence electrons. The average Bonchev–Trinajstić information content (AvgIpc) is 3.43. The summed E-state index contributed by atoms with van der Waals surface area (Å²) in [6, 6.07) is -0.235. The van der Waals surface area contributed by atoms with Crippen LogP contribution in [-0.2, 0) is 19.1 Å². The number of rotatable bonds is 8. The van der Waals surface area contributed by atoms with Crippen LogP contribution in [0.5, 0.6) is 0 Å². The number of aromatic nitrogens is 4. The zero-order chi connectivity index (χ0) is 33.4. The molecule has 6 rings (SSSR count). The average molecular weight is 641 g/mol. The molecule has 5 aliphatic rings. The highest BCUT2D eigenvalue weighted by molar-refractivity contribution is 5.86. The minimum absolute atomic E-state index is 0.170. The van der Waals surface area contributed by atoms with Crippen molar-refractivity contribution in [2.45, 2.75) is 106 Å². The summed E-state index contributed by atoms with van der Waals surface area (Å²) in [5.74, 6) is 0.137. The zero-order valence-electron chi connectivity index (χ0n) is 29.1. The second-order valence-corrected chi connectivity index (χ2v) is 16.8. The Morgan fingerprint density at radius 1 is 1.15 bits per heavy atom. The number of anilines is 1. The van der Waals surface area contributed by atoms with E-state index in [2.05, 4.69) is 75.3 Å². The maximum atomic E-state index is 13.4. The van der Waals surface area contributed by atoms with Gasteiger partial charge in [0.05, 0.1) is 31.8 Å². The summed E-state index contributed by atoms with van der Waals surface area (Å²) in [5, 5.41) is 26.9. The summed E-state index contributed by atoms with van der Waals surface area (Å²) in [4.78, 5) is 26.8. The summed E-state index contributed by atoms with van der Waals surface area (Å²) >= 11 is 0. The number of nitrogens with zero attached hydrogens (tertiary/aromatic N) is 4. The van der Waals surface area contributed by atoms with Crippen LogP contribution in [0.4, 0.5) is 5.95 Å². The smallest absolute Gasteiger partial charge is 0.307 e. The first-order valence-electron chi connectivity index (χ1n) is 17.5. The van der Waals surface area contributed by atoms with Crippen molar-refractivity contribution >= 4 is 17.8 Å². The number of allylic oxidation sites excluding steroid dienone is 1. The summed E-state index contributed by atoms with van der Waals surface area (Å²) in [6.45, 7) is 19.4. The van der Waals surface area contributed by atoms with Crippen LogP contribution >= 0.6 is 0 Å². The Hall–Kier alpha value is -2.37. The van der Waals surface area contributed by atoms with Gasteiger partial charge in [-0.2, -0.15) is 4.80 Å². The number of nitrogens with two attached hydrogens (primary N) is 1. The van der Waals surface area contributed by atoms with Gasteiger partial charge in [0.1, 0.15) is 6.04 Å². The van der Waals surface area contributed by atoms with Crippen molar-refractivity contribution in [1.82, 2.24) is 20.2 Å². The Kier molecular flexibility index (Phi) is 8.28. The van der Waals surface area contributed by atoms with Crippen LogP contribution in [0.3, 0.4) is 0 Å². The van der Waals surface area contributed by atoms with E-state index in [-0.39, 0.29) is 57.0 Å². The van der Waals surface area contributed by atoms with Gasteiger partial charge in [-0.15, -0.1) is 5.10 Å². The van der Waals surface area contributed by atoms with Gasteiger partial charge < -0.3 is 20.3 Å². The quantitative estimate of drug-likeness (QED) is 0.329. The Morgan fingerprint density at radius 2 is 1.89 bits per heavy atom. The van der Waals surface area contributed by atoms with Crippen LogP contribution in [0.2, 0.25) is 0 Å². The third-order valence-corrected chi connectivity index (χ3v) is 14.5. The van der Waals surface area contributed by atoms with Crippen molar-refractivity contribution in [3.8, 4) is 0 Å². The molecule has 11 nitrogen and oxygen atoms in total. The molecule has 1 amide bonds. The standard InChI is InChI=1S/C35H56N6O5/c1-20(2)21(3)31(5)13-14-33(7)23-9-10-26-32(6)18-45-19-35(26,24(23)11-12-34(33,8)27(31)29(43)44)17-25(28(32)46-16-15-36)41-39-30(38-40-41)37-22(4)42/h11,20-21,23,25-28H,9-10,12-19,36H2,1-8H3,(H,43,44)(H,37,39,42)/t21-,23+,25-,26+,27-,28+,31-,32-,33-,34+,35+/m1/s1. The Labute approximate surface area is 273 Å². The number of hydrogen-bond donors (Lipinski definition) is 3. The maximum Gasteiger partial charge on any atom is 0.307 e. The third-order valence-electron chi connectivity index (χ3n) is 14.5. The monoisotopic (exact) mass is 640 g/mol. The van der Waals surface area contributed by atoms with Crippen LogP contribution in [0.25, 0.3) is 0 Å². The number of carbonyl (C=O) groups is 2. The maximum absolute atomic E-state index is 13.4. The molecular weight excluding hydrogens is 584 g/mol. The van der Waals surface area contributed by atoms with Crippen LogP contribution in [0.15, 0.2) is 11.6 Å². The fourth-order valence-corrected chi connectivity index (χ4v) is 11.9. The highest BCUT2D eigenvalue weighted by Gasteiger charge is 2.72. The third kappa shape index (κ3) is 4.57. The summed E-state index contributed by atoms with van der Waals surface area (Å²) in [7, 11) is 0. The number of carboxylic acid groups (broad SMARTS) is 1. The molecule has 46 heavy (non-hydrogen) atoms. The highest BCUT2D eigenvalue weighted by atomic mass is 16.5. The molecule has 0 aromatic carbocycles. The van der Waals surface area contributed by atoms with Gasteiger partial charge in [0.2, 0.25) is 5.91 Å². The molecule has 0 unspecified atom stereocenters. The molecule has 4 N–H and O–H groups in total. The van der Waals surface area contributed by atoms with Crippen molar-refractivity contribution in [2.24, 2.45) is 62.4 Å². The first-order chi connectivity index (χ1) is 21.6. The number of ether oxygens (including phenoxy) is 2. The Morgan fingerprint density at radius 3 is 2.54 bits per heavy atom. The second kappa shape index (κ2) is 11.4. The van der Waals surface area contributed by atoms with E-state index in [9.17, 15) is 14.7 Å². The molecule has 2 heterocycles. The van der Waals surface area contributed by atoms with Crippen molar-refractivity contribution < 1.29 is 24.2 Å². The minimum atomic E-state index is -0.648. The van der Waals surface area contributed by atoms with Gasteiger partial charge in [-0.1, -0.05) is 65.2 Å². The lowest BCUT2D eigenvalue weighted by Crippen LogP contribution is -2.69. The molecule has 2 bridgehead atoms. The van der Waals surface area contributed by atoms with E-state index in [1.165, 1.54) is 12.5 Å². The predicted molar refractivity (Wildman–Crippen MR) is 174 cm³/mol. The molecule has 1 aromatic rings. The van der Waals surface area contributed by atoms with Crippen LogP contribution in [0, 0.1) is 56.7 Å². The first kappa shape index (κ1) is 33.5. The zero-order valence-corrected chi connectivity index (χ0v) is 29.1. The van der Waals surface area contributed by atoms with Gasteiger partial charge in [-0.05, 0) is 83.7 Å². The summed E-state index contributed by atoms with van der Waals surface area (Å²) in [5.41, 5.74) is 5.97. The fraction of sp³-hybridized carbons (Fsp3) is 0.857. The lowest BCUT2D eigenvalue weighted by molar-refractivity contribution is -0.250. The van der Waals surface area contributed by atoms with Gasteiger partial charge in [0.25, 0.3) is 5.95 Å². The minimum Gasteiger partial charge on any atom is -0.481 e. The lowest BCUT2D eigenvalue weighted by atomic mass is 9.34. The number of aliphatic carboxylic acids is 1. The van der Waals surface area contributed by atoms with Crippen molar-refractivity contribution in [2.75, 3.05) is 31.7 Å². The highest BCUT2D eigenvalue weighted by Crippen LogP contribution is 2.75. The number of hydrogen-bond acceptors (Lipinski definition) is 8. The van der Waals surface area contributed by atoms with E-state index >= 15 is 0 Å². The number of tetrazole rings is 1. The molecule has 0 radical (unpaired) electrons. The van der Waals surface area contributed by atoms with Crippen molar-refractivity contribution in [1.29, 1.82) is 0 Å². The number of carbonyl (C=O) groups excluding carboxylic acids is 1. The molecule has 3 saturated carbocycles. The van der Waals surface area contributed by atoms with Crippen molar-refractivity contribution in [3.05, 3.63) is 11.6 Å². The fourth-order valence-electron chi connectivity index (χ4n) is 11.9. The lowest BCUT2D eigenvalue weighted by Gasteiger charge is -2.71. The molecule has 1 saturated heterocycles. The number of fused-ring (bicyclic) bond motifs is 3. The SMILES string of the molecule is CC(=O)Nc1nnn([C@@H]2C[C@@]34COC[C@](C)([C@@H]3CC[C@H]3C4=CC[C@@]4(C)[C@H](C(=O)O)[C@@](C)([C@H](C)C(C)C)CC[C@]34C)[C@H]2OCCN)n1. The summed E-state index contributed by atoms with van der Waals surface area (Å²) < 4.78 is 13.2. The van der Waals surface area contributed by atoms with Crippen molar-refractivity contribution in [3.63, 3.8) is 0 Å². The Bertz CT molecular complexity index is 1400. The van der Waals surface area contributed by atoms with Gasteiger partial charge in [0.15, 0.2) is 0 Å².